The highest BCUT2D eigenvalue weighted by Crippen LogP contribution is 2.33. The number of ether oxygens (including phenoxy) is 2. The highest BCUT2D eigenvalue weighted by molar-refractivity contribution is 6.32. The SMILES string of the molecule is CCCOc1cc(C)c(Cl)c(C)c1CCC1CO1. The van der Waals surface area contributed by atoms with E-state index in [4.69, 9.17) is 21.1 Å². The summed E-state index contributed by atoms with van der Waals surface area (Å²) in [6.45, 7) is 7.89. The summed E-state index contributed by atoms with van der Waals surface area (Å²) in [6, 6.07) is 2.06. The number of rotatable bonds is 6. The van der Waals surface area contributed by atoms with Crippen LogP contribution in [0, 0.1) is 13.8 Å². The van der Waals surface area contributed by atoms with Gasteiger partial charge in [-0.05, 0) is 55.9 Å². The van der Waals surface area contributed by atoms with Crippen LogP contribution in [0.1, 0.15) is 36.5 Å². The molecule has 0 aromatic heterocycles. The molecule has 0 N–H and O–H groups in total. The summed E-state index contributed by atoms with van der Waals surface area (Å²) >= 11 is 6.33. The van der Waals surface area contributed by atoms with Crippen molar-refractivity contribution in [3.63, 3.8) is 0 Å². The van der Waals surface area contributed by atoms with Crippen LogP contribution in [0.5, 0.6) is 5.75 Å². The fraction of sp³-hybridized carbons (Fsp3) is 0.600. The van der Waals surface area contributed by atoms with Crippen LogP contribution in [-0.2, 0) is 11.2 Å². The van der Waals surface area contributed by atoms with Gasteiger partial charge in [-0.1, -0.05) is 18.5 Å². The van der Waals surface area contributed by atoms with E-state index in [9.17, 15) is 0 Å². The van der Waals surface area contributed by atoms with Crippen LogP contribution in [0.4, 0.5) is 0 Å². The molecule has 0 aliphatic carbocycles. The number of aryl methyl sites for hydroxylation is 1. The Balaban J connectivity index is 2.22. The van der Waals surface area contributed by atoms with Crippen LogP contribution in [-0.4, -0.2) is 19.3 Å². The number of hydrogen-bond donors (Lipinski definition) is 0. The summed E-state index contributed by atoms with van der Waals surface area (Å²) in [4.78, 5) is 0. The van der Waals surface area contributed by atoms with Gasteiger partial charge >= 0.3 is 0 Å². The molecule has 0 spiro atoms. The van der Waals surface area contributed by atoms with E-state index in [2.05, 4.69) is 19.9 Å². The molecule has 2 nitrogen and oxygen atoms in total. The molecule has 1 aromatic rings. The van der Waals surface area contributed by atoms with Crippen molar-refractivity contribution in [1.29, 1.82) is 0 Å². The summed E-state index contributed by atoms with van der Waals surface area (Å²) in [7, 11) is 0. The number of epoxide rings is 1. The minimum atomic E-state index is 0.448. The number of hydrogen-bond acceptors (Lipinski definition) is 2. The molecule has 1 aliphatic rings. The van der Waals surface area contributed by atoms with E-state index in [1.54, 1.807) is 0 Å². The van der Waals surface area contributed by atoms with Gasteiger partial charge in [0.1, 0.15) is 5.75 Å². The normalized spacial score (nSPS) is 17.9. The van der Waals surface area contributed by atoms with Crippen molar-refractivity contribution < 1.29 is 9.47 Å². The fourth-order valence-electron chi connectivity index (χ4n) is 2.15. The van der Waals surface area contributed by atoms with Crippen LogP contribution >= 0.6 is 11.6 Å². The second kappa shape index (κ2) is 5.94. The van der Waals surface area contributed by atoms with Crippen molar-refractivity contribution in [2.75, 3.05) is 13.2 Å². The molecule has 2 rings (SSSR count). The Morgan fingerprint density at radius 2 is 2.17 bits per heavy atom. The third-order valence-electron chi connectivity index (χ3n) is 3.35. The lowest BCUT2D eigenvalue weighted by Gasteiger charge is -2.16. The van der Waals surface area contributed by atoms with Gasteiger partial charge in [0, 0.05) is 5.02 Å². The molecule has 1 saturated heterocycles. The summed E-state index contributed by atoms with van der Waals surface area (Å²) in [5.74, 6) is 0.997. The van der Waals surface area contributed by atoms with Crippen LogP contribution in [0.3, 0.4) is 0 Å². The quantitative estimate of drug-likeness (QED) is 0.725. The zero-order valence-corrected chi connectivity index (χ0v) is 12.1. The second-order valence-corrected chi connectivity index (χ2v) is 5.33. The summed E-state index contributed by atoms with van der Waals surface area (Å²) in [5.41, 5.74) is 3.49. The number of halogens is 1. The smallest absolute Gasteiger partial charge is 0.123 e. The lowest BCUT2D eigenvalue weighted by Crippen LogP contribution is -2.04. The molecule has 1 aliphatic heterocycles. The van der Waals surface area contributed by atoms with Crippen molar-refractivity contribution in [3.8, 4) is 5.75 Å². The first kappa shape index (κ1) is 13.7. The molecule has 1 unspecified atom stereocenters. The largest absolute Gasteiger partial charge is 0.493 e. The predicted molar refractivity (Wildman–Crippen MR) is 74.8 cm³/mol. The van der Waals surface area contributed by atoms with Crippen molar-refractivity contribution in [2.24, 2.45) is 0 Å². The van der Waals surface area contributed by atoms with E-state index >= 15 is 0 Å². The summed E-state index contributed by atoms with van der Waals surface area (Å²) in [6.07, 6.45) is 3.51. The van der Waals surface area contributed by atoms with Gasteiger partial charge in [-0.15, -0.1) is 0 Å². The molecule has 1 heterocycles. The summed E-state index contributed by atoms with van der Waals surface area (Å²) < 4.78 is 11.1. The monoisotopic (exact) mass is 268 g/mol. The molecule has 0 bridgehead atoms. The standard InChI is InChI=1S/C15H21ClO2/c1-4-7-17-14-8-10(2)15(16)11(3)13(14)6-5-12-9-18-12/h8,12H,4-7,9H2,1-3H3. The maximum atomic E-state index is 6.33. The molecule has 1 atom stereocenters. The third kappa shape index (κ3) is 3.18. The average molecular weight is 269 g/mol. The Bertz CT molecular complexity index is 425. The van der Waals surface area contributed by atoms with Crippen LogP contribution in [0.15, 0.2) is 6.07 Å². The predicted octanol–water partition coefficient (Wildman–Crippen LogP) is 4.08. The lowest BCUT2D eigenvalue weighted by molar-refractivity contribution is 0.312. The first-order valence-electron chi connectivity index (χ1n) is 6.66. The highest BCUT2D eigenvalue weighted by atomic mass is 35.5. The molecule has 0 radical (unpaired) electrons. The summed E-state index contributed by atoms with van der Waals surface area (Å²) in [5, 5.41) is 0.866. The molecule has 100 valence electrons. The van der Waals surface area contributed by atoms with Gasteiger partial charge in [0.05, 0.1) is 19.3 Å². The Labute approximate surface area is 114 Å². The van der Waals surface area contributed by atoms with E-state index in [0.717, 1.165) is 54.4 Å². The second-order valence-electron chi connectivity index (χ2n) is 4.95. The number of benzene rings is 1. The average Bonchev–Trinajstić information content (AvgIpc) is 3.16. The van der Waals surface area contributed by atoms with Gasteiger partial charge in [-0.3, -0.25) is 0 Å². The van der Waals surface area contributed by atoms with Crippen molar-refractivity contribution in [3.05, 3.63) is 27.8 Å². The molecule has 3 heteroatoms. The Kier molecular flexibility index (Phi) is 4.52. The fourth-order valence-corrected chi connectivity index (χ4v) is 2.32. The lowest BCUT2D eigenvalue weighted by atomic mass is 9.99. The molecule has 0 saturated carbocycles. The van der Waals surface area contributed by atoms with Crippen LogP contribution in [0.25, 0.3) is 0 Å². The van der Waals surface area contributed by atoms with Gasteiger partial charge in [0.25, 0.3) is 0 Å². The van der Waals surface area contributed by atoms with E-state index < -0.39 is 0 Å². The van der Waals surface area contributed by atoms with E-state index in [1.165, 1.54) is 5.56 Å². The zero-order chi connectivity index (χ0) is 13.1. The first-order chi connectivity index (χ1) is 8.63. The third-order valence-corrected chi connectivity index (χ3v) is 3.94. The topological polar surface area (TPSA) is 21.8 Å². The van der Waals surface area contributed by atoms with Crippen molar-refractivity contribution >= 4 is 11.6 Å². The maximum Gasteiger partial charge on any atom is 0.123 e. The van der Waals surface area contributed by atoms with Crippen molar-refractivity contribution in [1.82, 2.24) is 0 Å². The molecular weight excluding hydrogens is 248 g/mol. The van der Waals surface area contributed by atoms with Gasteiger partial charge in [-0.25, -0.2) is 0 Å². The minimum Gasteiger partial charge on any atom is -0.493 e. The molecular formula is C15H21ClO2. The molecule has 0 amide bonds. The molecule has 18 heavy (non-hydrogen) atoms. The molecule has 1 fully saturated rings. The Morgan fingerprint density at radius 3 is 2.78 bits per heavy atom. The van der Waals surface area contributed by atoms with Crippen LogP contribution in [0.2, 0.25) is 5.02 Å². The van der Waals surface area contributed by atoms with Crippen molar-refractivity contribution in [2.45, 2.75) is 46.1 Å². The highest BCUT2D eigenvalue weighted by Gasteiger charge is 2.23. The first-order valence-corrected chi connectivity index (χ1v) is 7.04. The van der Waals surface area contributed by atoms with Gasteiger partial charge in [-0.2, -0.15) is 0 Å². The van der Waals surface area contributed by atoms with Gasteiger partial charge < -0.3 is 9.47 Å². The van der Waals surface area contributed by atoms with E-state index in [0.29, 0.717) is 6.10 Å². The minimum absolute atomic E-state index is 0.448. The van der Waals surface area contributed by atoms with E-state index in [1.807, 2.05) is 6.92 Å². The van der Waals surface area contributed by atoms with Crippen LogP contribution < -0.4 is 4.74 Å². The Hall–Kier alpha value is -0.730. The Morgan fingerprint density at radius 1 is 1.44 bits per heavy atom. The van der Waals surface area contributed by atoms with Gasteiger partial charge in [0.2, 0.25) is 0 Å². The zero-order valence-electron chi connectivity index (χ0n) is 11.4. The maximum absolute atomic E-state index is 6.33. The van der Waals surface area contributed by atoms with Gasteiger partial charge in [0.15, 0.2) is 0 Å². The molecule has 1 aromatic carbocycles. The van der Waals surface area contributed by atoms with E-state index in [-0.39, 0.29) is 0 Å².